The first kappa shape index (κ1) is 28.3. The second-order valence-electron chi connectivity index (χ2n) is 7.64. The Morgan fingerprint density at radius 1 is 1.11 bits per heavy atom. The van der Waals surface area contributed by atoms with E-state index in [-0.39, 0.29) is 29.4 Å². The van der Waals surface area contributed by atoms with Crippen LogP contribution in [0, 0.1) is 10.1 Å². The first-order chi connectivity index (χ1) is 16.4. The molecule has 1 N–H and O–H groups in total. The zero-order valence-corrected chi connectivity index (χ0v) is 21.7. The van der Waals surface area contributed by atoms with Crippen molar-refractivity contribution in [2.75, 3.05) is 23.7 Å². The van der Waals surface area contributed by atoms with Gasteiger partial charge in [-0.15, -0.1) is 0 Å². The van der Waals surface area contributed by atoms with Gasteiger partial charge in [-0.05, 0) is 37.1 Å². The third-order valence-electron chi connectivity index (χ3n) is 5.08. The summed E-state index contributed by atoms with van der Waals surface area (Å²) in [5, 5.41) is 14.4. The number of hydrogen-bond donors (Lipinski definition) is 1. The summed E-state index contributed by atoms with van der Waals surface area (Å²) >= 11 is 12.1. The molecule has 2 rings (SSSR count). The normalized spacial score (nSPS) is 12.0. The Kier molecular flexibility index (Phi) is 9.87. The van der Waals surface area contributed by atoms with E-state index in [0.717, 1.165) is 16.6 Å². The van der Waals surface area contributed by atoms with Crippen LogP contribution in [0.1, 0.15) is 25.8 Å². The minimum Gasteiger partial charge on any atom is -0.355 e. The molecule has 2 amide bonds. The number of nitrogens with zero attached hydrogens (tertiary/aromatic N) is 3. The number of likely N-dealkylation sites (N-methyl/N-ethyl adjacent to an activating group) is 1. The molecular formula is C22H26Cl2N4O6S. The molecule has 0 heterocycles. The van der Waals surface area contributed by atoms with Crippen LogP contribution in [-0.2, 0) is 26.2 Å². The SMILES string of the molecule is CCNC(=O)[C@@H](CC)N(Cc1ccc(Cl)c(Cl)c1)C(=O)CN(c1cccc([N+](=O)[O-])c1)S(C)(=O)=O. The molecule has 13 heteroatoms. The lowest BCUT2D eigenvalue weighted by atomic mass is 10.1. The minimum absolute atomic E-state index is 0.0437. The highest BCUT2D eigenvalue weighted by Gasteiger charge is 2.32. The Balaban J connectivity index is 2.49. The second-order valence-corrected chi connectivity index (χ2v) is 10.4. The van der Waals surface area contributed by atoms with Crippen LogP contribution in [0.3, 0.4) is 0 Å². The molecule has 0 unspecified atom stereocenters. The molecule has 2 aromatic carbocycles. The number of nitrogens with one attached hydrogen (secondary N) is 1. The maximum absolute atomic E-state index is 13.5. The second kappa shape index (κ2) is 12.2. The molecule has 0 spiro atoms. The number of amides is 2. The number of sulfonamides is 1. The van der Waals surface area contributed by atoms with Crippen molar-refractivity contribution in [2.45, 2.75) is 32.9 Å². The van der Waals surface area contributed by atoms with Crippen molar-refractivity contribution >= 4 is 56.4 Å². The summed E-state index contributed by atoms with van der Waals surface area (Å²) < 4.78 is 25.9. The van der Waals surface area contributed by atoms with E-state index in [1.165, 1.54) is 23.1 Å². The van der Waals surface area contributed by atoms with E-state index in [1.807, 2.05) is 0 Å². The number of carbonyl (C=O) groups excluding carboxylic acids is 2. The Bertz CT molecular complexity index is 1210. The van der Waals surface area contributed by atoms with E-state index >= 15 is 0 Å². The maximum atomic E-state index is 13.5. The molecule has 10 nitrogen and oxygen atoms in total. The first-order valence-corrected chi connectivity index (χ1v) is 13.2. The van der Waals surface area contributed by atoms with Gasteiger partial charge in [0.05, 0.1) is 26.9 Å². The standard InChI is InChI=1S/C22H26Cl2N4O6S/c1-4-20(22(30)25-5-2)26(13-15-9-10-18(23)19(24)11-15)21(29)14-27(35(3,33)34)16-7-6-8-17(12-16)28(31)32/h6-12,20H,4-5,13-14H2,1-3H3,(H,25,30)/t20-/m1/s1. The lowest BCUT2D eigenvalue weighted by Gasteiger charge is -2.32. The highest BCUT2D eigenvalue weighted by molar-refractivity contribution is 7.92. The van der Waals surface area contributed by atoms with Crippen LogP contribution in [0.15, 0.2) is 42.5 Å². The molecule has 0 radical (unpaired) electrons. The number of anilines is 1. The molecule has 0 saturated heterocycles. The van der Waals surface area contributed by atoms with Crippen LogP contribution in [0.25, 0.3) is 0 Å². The molecule has 0 aliphatic heterocycles. The van der Waals surface area contributed by atoms with Crippen molar-refractivity contribution in [2.24, 2.45) is 0 Å². The number of nitro groups is 1. The fraction of sp³-hybridized carbons (Fsp3) is 0.364. The Morgan fingerprint density at radius 2 is 1.80 bits per heavy atom. The number of nitro benzene ring substituents is 1. The van der Waals surface area contributed by atoms with Gasteiger partial charge < -0.3 is 10.2 Å². The Labute approximate surface area is 214 Å². The number of hydrogen-bond acceptors (Lipinski definition) is 6. The lowest BCUT2D eigenvalue weighted by Crippen LogP contribution is -2.52. The predicted molar refractivity (Wildman–Crippen MR) is 135 cm³/mol. The highest BCUT2D eigenvalue weighted by atomic mass is 35.5. The number of carbonyl (C=O) groups is 2. The molecule has 35 heavy (non-hydrogen) atoms. The van der Waals surface area contributed by atoms with Gasteiger partial charge in [0.25, 0.3) is 5.69 Å². The molecule has 2 aromatic rings. The van der Waals surface area contributed by atoms with Crippen LogP contribution >= 0.6 is 23.2 Å². The number of non-ortho nitro benzene ring substituents is 1. The largest absolute Gasteiger partial charge is 0.355 e. The molecule has 1 atom stereocenters. The Morgan fingerprint density at radius 3 is 2.34 bits per heavy atom. The number of rotatable bonds is 11. The van der Waals surface area contributed by atoms with Gasteiger partial charge in [0, 0.05) is 25.2 Å². The summed E-state index contributed by atoms with van der Waals surface area (Å²) in [5.41, 5.74) is 0.206. The van der Waals surface area contributed by atoms with Gasteiger partial charge in [-0.25, -0.2) is 8.42 Å². The molecule has 0 aromatic heterocycles. The van der Waals surface area contributed by atoms with Gasteiger partial charge in [-0.2, -0.15) is 0 Å². The van der Waals surface area contributed by atoms with E-state index in [2.05, 4.69) is 5.32 Å². The molecular weight excluding hydrogens is 519 g/mol. The van der Waals surface area contributed by atoms with Gasteiger partial charge >= 0.3 is 0 Å². The van der Waals surface area contributed by atoms with E-state index in [1.54, 1.807) is 32.0 Å². The van der Waals surface area contributed by atoms with Crippen LogP contribution in [0.4, 0.5) is 11.4 Å². The van der Waals surface area contributed by atoms with Crippen molar-refractivity contribution in [1.29, 1.82) is 0 Å². The fourth-order valence-electron chi connectivity index (χ4n) is 3.42. The maximum Gasteiger partial charge on any atom is 0.271 e. The lowest BCUT2D eigenvalue weighted by molar-refractivity contribution is -0.384. The summed E-state index contributed by atoms with van der Waals surface area (Å²) in [6.45, 7) is 3.09. The van der Waals surface area contributed by atoms with E-state index < -0.39 is 39.3 Å². The van der Waals surface area contributed by atoms with Gasteiger partial charge in [0.2, 0.25) is 21.8 Å². The average molecular weight is 545 g/mol. The topological polar surface area (TPSA) is 130 Å². The Hall–Kier alpha value is -2.89. The molecule has 0 bridgehead atoms. The summed E-state index contributed by atoms with van der Waals surface area (Å²) in [7, 11) is -4.01. The van der Waals surface area contributed by atoms with E-state index in [9.17, 15) is 28.1 Å². The zero-order chi connectivity index (χ0) is 26.3. The monoisotopic (exact) mass is 544 g/mol. The molecule has 190 valence electrons. The van der Waals surface area contributed by atoms with Crippen molar-refractivity contribution < 1.29 is 22.9 Å². The summed E-state index contributed by atoms with van der Waals surface area (Å²) in [4.78, 5) is 38.0. The summed E-state index contributed by atoms with van der Waals surface area (Å²) in [6.07, 6.45) is 1.15. The van der Waals surface area contributed by atoms with Crippen molar-refractivity contribution in [3.05, 3.63) is 68.2 Å². The van der Waals surface area contributed by atoms with Crippen LogP contribution in [0.5, 0.6) is 0 Å². The van der Waals surface area contributed by atoms with Crippen LogP contribution in [0.2, 0.25) is 10.0 Å². The van der Waals surface area contributed by atoms with Crippen LogP contribution < -0.4 is 9.62 Å². The van der Waals surface area contributed by atoms with E-state index in [0.29, 0.717) is 17.1 Å². The smallest absolute Gasteiger partial charge is 0.271 e. The third-order valence-corrected chi connectivity index (χ3v) is 6.96. The minimum atomic E-state index is -4.01. The third kappa shape index (κ3) is 7.55. The van der Waals surface area contributed by atoms with Gasteiger partial charge in [0.1, 0.15) is 12.6 Å². The quantitative estimate of drug-likeness (QED) is 0.339. The molecule has 0 aliphatic rings. The predicted octanol–water partition coefficient (Wildman–Crippen LogP) is 3.61. The average Bonchev–Trinajstić information content (AvgIpc) is 2.79. The zero-order valence-electron chi connectivity index (χ0n) is 19.4. The van der Waals surface area contributed by atoms with Crippen LogP contribution in [-0.4, -0.2) is 55.4 Å². The first-order valence-electron chi connectivity index (χ1n) is 10.6. The summed E-state index contributed by atoms with van der Waals surface area (Å²) in [6, 6.07) is 8.82. The number of benzene rings is 2. The summed E-state index contributed by atoms with van der Waals surface area (Å²) in [5.74, 6) is -1.07. The van der Waals surface area contributed by atoms with Gasteiger partial charge in [-0.1, -0.05) is 42.3 Å². The van der Waals surface area contributed by atoms with Gasteiger partial charge in [-0.3, -0.25) is 24.0 Å². The van der Waals surface area contributed by atoms with Crippen molar-refractivity contribution in [1.82, 2.24) is 10.2 Å². The van der Waals surface area contributed by atoms with Crippen molar-refractivity contribution in [3.8, 4) is 0 Å². The number of halogens is 2. The molecule has 0 saturated carbocycles. The van der Waals surface area contributed by atoms with E-state index in [4.69, 9.17) is 23.2 Å². The van der Waals surface area contributed by atoms with Crippen molar-refractivity contribution in [3.63, 3.8) is 0 Å². The van der Waals surface area contributed by atoms with Gasteiger partial charge in [0.15, 0.2) is 0 Å². The molecule has 0 aliphatic carbocycles. The fourth-order valence-corrected chi connectivity index (χ4v) is 4.58. The molecule has 0 fully saturated rings. The highest BCUT2D eigenvalue weighted by Crippen LogP contribution is 2.26.